The van der Waals surface area contributed by atoms with Crippen molar-refractivity contribution in [3.05, 3.63) is 52.0 Å². The van der Waals surface area contributed by atoms with Crippen molar-refractivity contribution < 1.29 is 14.3 Å². The molecule has 0 unspecified atom stereocenters. The number of hydrogen-bond donors (Lipinski definition) is 1. The molecule has 0 saturated carbocycles. The average molecular weight is 406 g/mol. The van der Waals surface area contributed by atoms with Crippen LogP contribution in [-0.4, -0.2) is 19.6 Å². The first kappa shape index (κ1) is 19.3. The van der Waals surface area contributed by atoms with Crippen LogP contribution in [0.4, 0.5) is 5.69 Å². The number of nitrogens with one attached hydrogen (secondary N) is 1. The van der Waals surface area contributed by atoms with E-state index in [2.05, 4.69) is 42.0 Å². The Morgan fingerprint density at radius 1 is 1.16 bits per heavy atom. The van der Waals surface area contributed by atoms with E-state index in [1.165, 1.54) is 5.56 Å². The molecule has 5 heteroatoms. The highest BCUT2D eigenvalue weighted by Crippen LogP contribution is 2.32. The maximum absolute atomic E-state index is 12.2. The molecule has 0 aliphatic heterocycles. The minimum Gasteiger partial charge on any atom is -0.495 e. The van der Waals surface area contributed by atoms with Gasteiger partial charge in [-0.2, -0.15) is 0 Å². The van der Waals surface area contributed by atoms with E-state index in [0.29, 0.717) is 17.2 Å². The van der Waals surface area contributed by atoms with Gasteiger partial charge in [0.05, 0.1) is 12.8 Å². The van der Waals surface area contributed by atoms with Crippen molar-refractivity contribution in [2.24, 2.45) is 0 Å². The lowest BCUT2D eigenvalue weighted by atomic mass is 9.87. The van der Waals surface area contributed by atoms with Gasteiger partial charge in [-0.1, -0.05) is 48.8 Å². The van der Waals surface area contributed by atoms with Gasteiger partial charge in [-0.05, 0) is 47.7 Å². The molecule has 25 heavy (non-hydrogen) atoms. The van der Waals surface area contributed by atoms with Crippen molar-refractivity contribution >= 4 is 27.5 Å². The van der Waals surface area contributed by atoms with Crippen LogP contribution in [0.15, 0.2) is 40.9 Å². The van der Waals surface area contributed by atoms with Gasteiger partial charge in [0.1, 0.15) is 11.5 Å². The van der Waals surface area contributed by atoms with Crippen molar-refractivity contribution in [1.29, 1.82) is 0 Å². The number of anilines is 1. The van der Waals surface area contributed by atoms with Crippen LogP contribution in [0.2, 0.25) is 0 Å². The molecule has 0 radical (unpaired) electrons. The van der Waals surface area contributed by atoms with Crippen LogP contribution in [0.25, 0.3) is 0 Å². The number of methoxy groups -OCH3 is 1. The highest BCUT2D eigenvalue weighted by Gasteiger charge is 2.14. The fourth-order valence-electron chi connectivity index (χ4n) is 2.41. The Bertz CT molecular complexity index is 749. The topological polar surface area (TPSA) is 47.6 Å². The quantitative estimate of drug-likeness (QED) is 0.753. The second-order valence-corrected chi connectivity index (χ2v) is 7.83. The number of carbonyl (C=O) groups excluding carboxylic acids is 1. The molecule has 1 N–H and O–H groups in total. The molecule has 2 rings (SSSR count). The van der Waals surface area contributed by atoms with Gasteiger partial charge in [0.2, 0.25) is 0 Å². The van der Waals surface area contributed by atoms with Gasteiger partial charge in [0, 0.05) is 4.47 Å². The molecule has 4 nitrogen and oxygen atoms in total. The van der Waals surface area contributed by atoms with Crippen molar-refractivity contribution in [2.45, 2.75) is 33.1 Å². The smallest absolute Gasteiger partial charge is 0.262 e. The van der Waals surface area contributed by atoms with E-state index in [4.69, 9.17) is 9.47 Å². The van der Waals surface area contributed by atoms with Crippen molar-refractivity contribution in [3.63, 3.8) is 0 Å². The molecule has 0 fully saturated rings. The molecule has 2 aromatic rings. The zero-order chi connectivity index (χ0) is 18.6. The SMILES string of the molecule is COc1cc(Br)cc(C)c1NC(=O)COc1ccc(C(C)(C)C)cc1. The molecule has 2 aromatic carbocycles. The van der Waals surface area contributed by atoms with E-state index >= 15 is 0 Å². The van der Waals surface area contributed by atoms with E-state index in [-0.39, 0.29) is 17.9 Å². The summed E-state index contributed by atoms with van der Waals surface area (Å²) in [5.74, 6) is 1.04. The third kappa shape index (κ3) is 5.23. The second-order valence-electron chi connectivity index (χ2n) is 6.91. The molecule has 0 aliphatic rings. The largest absolute Gasteiger partial charge is 0.495 e. The maximum atomic E-state index is 12.2. The third-order valence-electron chi connectivity index (χ3n) is 3.84. The second kappa shape index (κ2) is 7.91. The first-order valence-corrected chi connectivity index (χ1v) is 8.87. The molecule has 134 valence electrons. The summed E-state index contributed by atoms with van der Waals surface area (Å²) in [4.78, 5) is 12.2. The van der Waals surface area contributed by atoms with Crippen LogP contribution >= 0.6 is 15.9 Å². The Kier molecular flexibility index (Phi) is 6.11. The Balaban J connectivity index is 2.00. The lowest BCUT2D eigenvalue weighted by molar-refractivity contribution is -0.118. The van der Waals surface area contributed by atoms with E-state index in [1.807, 2.05) is 43.3 Å². The molecule has 0 spiro atoms. The lowest BCUT2D eigenvalue weighted by Gasteiger charge is -2.19. The number of carbonyl (C=O) groups is 1. The Morgan fingerprint density at radius 3 is 2.36 bits per heavy atom. The fourth-order valence-corrected chi connectivity index (χ4v) is 2.96. The van der Waals surface area contributed by atoms with Gasteiger partial charge in [-0.15, -0.1) is 0 Å². The summed E-state index contributed by atoms with van der Waals surface area (Å²) >= 11 is 3.42. The number of aryl methyl sites for hydroxylation is 1. The van der Waals surface area contributed by atoms with Gasteiger partial charge in [0.15, 0.2) is 6.61 Å². The van der Waals surface area contributed by atoms with Crippen molar-refractivity contribution in [1.82, 2.24) is 0 Å². The number of rotatable bonds is 5. The average Bonchev–Trinajstić information content (AvgIpc) is 2.54. The summed E-state index contributed by atoms with van der Waals surface area (Å²) in [6.45, 7) is 8.32. The van der Waals surface area contributed by atoms with Crippen molar-refractivity contribution in [3.8, 4) is 11.5 Å². The molecule has 0 heterocycles. The third-order valence-corrected chi connectivity index (χ3v) is 4.30. The summed E-state index contributed by atoms with van der Waals surface area (Å²) in [6.07, 6.45) is 0. The normalized spacial score (nSPS) is 11.1. The first-order valence-electron chi connectivity index (χ1n) is 8.08. The van der Waals surface area contributed by atoms with Gasteiger partial charge < -0.3 is 14.8 Å². The van der Waals surface area contributed by atoms with Gasteiger partial charge >= 0.3 is 0 Å². The molecule has 1 amide bonds. The Morgan fingerprint density at radius 2 is 1.80 bits per heavy atom. The minimum absolute atomic E-state index is 0.0620. The van der Waals surface area contributed by atoms with E-state index in [9.17, 15) is 4.79 Å². The molecule has 0 aromatic heterocycles. The number of ether oxygens (including phenoxy) is 2. The highest BCUT2D eigenvalue weighted by atomic mass is 79.9. The van der Waals surface area contributed by atoms with Crippen LogP contribution in [0, 0.1) is 6.92 Å². The predicted octanol–water partition coefficient (Wildman–Crippen LogP) is 5.08. The summed E-state index contributed by atoms with van der Waals surface area (Å²) in [7, 11) is 1.57. The molecule has 0 bridgehead atoms. The Hall–Kier alpha value is -2.01. The summed E-state index contributed by atoms with van der Waals surface area (Å²) in [5, 5.41) is 2.85. The first-order chi connectivity index (χ1) is 11.7. The number of benzene rings is 2. The van der Waals surface area contributed by atoms with E-state index in [1.54, 1.807) is 7.11 Å². The number of amides is 1. The zero-order valence-corrected chi connectivity index (χ0v) is 16.9. The standard InChI is InChI=1S/C20H24BrNO3/c1-13-10-15(21)11-17(24-5)19(13)22-18(23)12-25-16-8-6-14(7-9-16)20(2,3)4/h6-11H,12H2,1-5H3,(H,22,23). The molecule has 0 atom stereocenters. The molecular weight excluding hydrogens is 382 g/mol. The van der Waals surface area contributed by atoms with Crippen molar-refractivity contribution in [2.75, 3.05) is 19.0 Å². The molecule has 0 saturated heterocycles. The fraction of sp³-hybridized carbons (Fsp3) is 0.350. The summed E-state index contributed by atoms with van der Waals surface area (Å²) < 4.78 is 11.8. The minimum atomic E-state index is -0.233. The van der Waals surface area contributed by atoms with Gasteiger partial charge in [-0.3, -0.25) is 4.79 Å². The van der Waals surface area contributed by atoms with Gasteiger partial charge in [0.25, 0.3) is 5.91 Å². The lowest BCUT2D eigenvalue weighted by Crippen LogP contribution is -2.21. The number of halogens is 1. The predicted molar refractivity (Wildman–Crippen MR) is 105 cm³/mol. The Labute approximate surface area is 157 Å². The van der Waals surface area contributed by atoms with Crippen LogP contribution in [0.1, 0.15) is 31.9 Å². The highest BCUT2D eigenvalue weighted by molar-refractivity contribution is 9.10. The maximum Gasteiger partial charge on any atom is 0.262 e. The molecular formula is C20H24BrNO3. The molecule has 0 aliphatic carbocycles. The zero-order valence-electron chi connectivity index (χ0n) is 15.3. The van der Waals surface area contributed by atoms with Crippen LogP contribution < -0.4 is 14.8 Å². The van der Waals surface area contributed by atoms with Crippen LogP contribution in [0.5, 0.6) is 11.5 Å². The summed E-state index contributed by atoms with van der Waals surface area (Å²) in [5.41, 5.74) is 2.88. The number of hydrogen-bond acceptors (Lipinski definition) is 3. The van der Waals surface area contributed by atoms with E-state index in [0.717, 1.165) is 10.0 Å². The van der Waals surface area contributed by atoms with Crippen LogP contribution in [0.3, 0.4) is 0 Å². The van der Waals surface area contributed by atoms with E-state index < -0.39 is 0 Å². The monoisotopic (exact) mass is 405 g/mol. The van der Waals surface area contributed by atoms with Gasteiger partial charge in [-0.25, -0.2) is 0 Å². The van der Waals surface area contributed by atoms with Crippen LogP contribution in [-0.2, 0) is 10.2 Å². The summed E-state index contributed by atoms with van der Waals surface area (Å²) in [6, 6.07) is 11.6.